The lowest BCUT2D eigenvalue weighted by Crippen LogP contribution is -1.92. The molecule has 1 aromatic carbocycles. The van der Waals surface area contributed by atoms with Crippen LogP contribution in [-0.4, -0.2) is 11.7 Å². The number of aromatic hydroxyl groups is 1. The molecular weight excluding hydrogens is 150 g/mol. The molecule has 0 aliphatic rings. The van der Waals surface area contributed by atoms with E-state index < -0.39 is 0 Å². The van der Waals surface area contributed by atoms with E-state index in [1.165, 1.54) is 5.56 Å². The zero-order valence-electron chi connectivity index (χ0n) is 6.90. The molecule has 12 heavy (non-hydrogen) atoms. The molecule has 0 heterocycles. The molecule has 0 radical (unpaired) electrons. The van der Waals surface area contributed by atoms with Crippen molar-refractivity contribution in [3.05, 3.63) is 42.0 Å². The second-order valence-electron chi connectivity index (χ2n) is 2.58. The summed E-state index contributed by atoms with van der Waals surface area (Å²) < 4.78 is 0. The van der Waals surface area contributed by atoms with Crippen molar-refractivity contribution in [3.63, 3.8) is 0 Å². The Labute approximate surface area is 72.3 Å². The summed E-state index contributed by atoms with van der Waals surface area (Å²) in [6, 6.07) is 7.17. The van der Waals surface area contributed by atoms with E-state index in [1.54, 1.807) is 12.1 Å². The molecule has 1 rings (SSSR count). The van der Waals surface area contributed by atoms with Crippen LogP contribution in [0.3, 0.4) is 0 Å². The molecule has 0 fully saturated rings. The van der Waals surface area contributed by atoms with Crippen LogP contribution in [0.15, 0.2) is 36.4 Å². The fourth-order valence-electron chi connectivity index (χ4n) is 0.948. The SMILES string of the molecule is NC/C=C/Cc1ccc(O)cc1. The van der Waals surface area contributed by atoms with Gasteiger partial charge in [0.15, 0.2) is 0 Å². The molecule has 0 aromatic heterocycles. The molecule has 0 amide bonds. The van der Waals surface area contributed by atoms with Gasteiger partial charge in [0, 0.05) is 6.54 Å². The third-order valence-corrected chi connectivity index (χ3v) is 1.59. The highest BCUT2D eigenvalue weighted by Gasteiger charge is 1.88. The van der Waals surface area contributed by atoms with Crippen LogP contribution >= 0.6 is 0 Å². The average molecular weight is 163 g/mol. The number of hydrogen-bond acceptors (Lipinski definition) is 2. The number of allylic oxidation sites excluding steroid dienone is 1. The second kappa shape index (κ2) is 4.57. The van der Waals surface area contributed by atoms with E-state index in [0.29, 0.717) is 12.3 Å². The number of phenolic OH excluding ortho intramolecular Hbond substituents is 1. The van der Waals surface area contributed by atoms with E-state index in [9.17, 15) is 0 Å². The second-order valence-corrected chi connectivity index (χ2v) is 2.58. The summed E-state index contributed by atoms with van der Waals surface area (Å²) in [6.45, 7) is 0.581. The standard InChI is InChI=1S/C10H13NO/c11-8-2-1-3-9-4-6-10(12)7-5-9/h1-2,4-7,12H,3,8,11H2/b2-1+. The molecule has 0 bridgehead atoms. The van der Waals surface area contributed by atoms with Gasteiger partial charge in [-0.05, 0) is 24.1 Å². The largest absolute Gasteiger partial charge is 0.508 e. The van der Waals surface area contributed by atoms with Crippen molar-refractivity contribution in [2.45, 2.75) is 6.42 Å². The predicted molar refractivity (Wildman–Crippen MR) is 50.0 cm³/mol. The van der Waals surface area contributed by atoms with Crippen molar-refractivity contribution >= 4 is 0 Å². The zero-order valence-corrected chi connectivity index (χ0v) is 6.90. The van der Waals surface area contributed by atoms with Crippen LogP contribution in [-0.2, 0) is 6.42 Å². The molecule has 0 unspecified atom stereocenters. The molecule has 3 N–H and O–H groups in total. The number of rotatable bonds is 3. The van der Waals surface area contributed by atoms with E-state index in [1.807, 2.05) is 24.3 Å². The van der Waals surface area contributed by atoms with Crippen molar-refractivity contribution in [1.82, 2.24) is 0 Å². The highest BCUT2D eigenvalue weighted by Crippen LogP contribution is 2.09. The van der Waals surface area contributed by atoms with Crippen LogP contribution in [0.5, 0.6) is 5.75 Å². The van der Waals surface area contributed by atoms with Gasteiger partial charge in [-0.3, -0.25) is 0 Å². The molecule has 0 saturated carbocycles. The molecule has 0 aliphatic heterocycles. The van der Waals surface area contributed by atoms with Gasteiger partial charge in [-0.25, -0.2) is 0 Å². The third kappa shape index (κ3) is 2.76. The molecule has 0 spiro atoms. The van der Waals surface area contributed by atoms with E-state index >= 15 is 0 Å². The summed E-state index contributed by atoms with van der Waals surface area (Å²) in [5.74, 6) is 0.307. The van der Waals surface area contributed by atoms with Crippen LogP contribution in [0.4, 0.5) is 0 Å². The Hall–Kier alpha value is -1.28. The predicted octanol–water partition coefficient (Wildman–Crippen LogP) is 1.45. The summed E-state index contributed by atoms with van der Waals surface area (Å²) in [7, 11) is 0. The average Bonchev–Trinajstić information content (AvgIpc) is 2.09. The maximum absolute atomic E-state index is 8.99. The molecule has 0 atom stereocenters. The Balaban J connectivity index is 2.53. The lowest BCUT2D eigenvalue weighted by molar-refractivity contribution is 0.475. The zero-order chi connectivity index (χ0) is 8.81. The minimum absolute atomic E-state index is 0.307. The first-order valence-electron chi connectivity index (χ1n) is 3.96. The summed E-state index contributed by atoms with van der Waals surface area (Å²) >= 11 is 0. The van der Waals surface area contributed by atoms with E-state index in [4.69, 9.17) is 10.8 Å². The van der Waals surface area contributed by atoms with Crippen LogP contribution < -0.4 is 5.73 Å². The molecule has 2 heteroatoms. The van der Waals surface area contributed by atoms with Crippen LogP contribution in [0.2, 0.25) is 0 Å². The normalized spacial score (nSPS) is 10.8. The quantitative estimate of drug-likeness (QED) is 0.662. The van der Waals surface area contributed by atoms with Gasteiger partial charge in [-0.15, -0.1) is 0 Å². The fourth-order valence-corrected chi connectivity index (χ4v) is 0.948. The van der Waals surface area contributed by atoms with Crippen molar-refractivity contribution in [2.75, 3.05) is 6.54 Å². The molecule has 2 nitrogen and oxygen atoms in total. The van der Waals surface area contributed by atoms with E-state index in [2.05, 4.69) is 0 Å². The Morgan fingerprint density at radius 3 is 2.42 bits per heavy atom. The minimum Gasteiger partial charge on any atom is -0.508 e. The smallest absolute Gasteiger partial charge is 0.115 e. The van der Waals surface area contributed by atoms with Crippen molar-refractivity contribution < 1.29 is 5.11 Å². The number of nitrogens with two attached hydrogens (primary N) is 1. The van der Waals surface area contributed by atoms with Gasteiger partial charge in [0.2, 0.25) is 0 Å². The molecule has 64 valence electrons. The summed E-state index contributed by atoms with van der Waals surface area (Å²) in [6.07, 6.45) is 4.82. The van der Waals surface area contributed by atoms with Gasteiger partial charge in [0.25, 0.3) is 0 Å². The monoisotopic (exact) mass is 163 g/mol. The third-order valence-electron chi connectivity index (χ3n) is 1.59. The first kappa shape index (κ1) is 8.81. The van der Waals surface area contributed by atoms with Gasteiger partial charge in [0.05, 0.1) is 0 Å². The summed E-state index contributed by atoms with van der Waals surface area (Å²) in [5.41, 5.74) is 6.47. The number of benzene rings is 1. The molecule has 0 aliphatic carbocycles. The Morgan fingerprint density at radius 1 is 1.17 bits per heavy atom. The maximum Gasteiger partial charge on any atom is 0.115 e. The molecule has 0 saturated heterocycles. The van der Waals surface area contributed by atoms with Gasteiger partial charge in [-0.1, -0.05) is 24.3 Å². The minimum atomic E-state index is 0.307. The fraction of sp³-hybridized carbons (Fsp3) is 0.200. The highest BCUT2D eigenvalue weighted by atomic mass is 16.3. The summed E-state index contributed by atoms with van der Waals surface area (Å²) in [5, 5.41) is 8.99. The van der Waals surface area contributed by atoms with Crippen molar-refractivity contribution in [2.24, 2.45) is 5.73 Å². The van der Waals surface area contributed by atoms with Gasteiger partial charge >= 0.3 is 0 Å². The number of hydrogen-bond donors (Lipinski definition) is 2. The first-order chi connectivity index (χ1) is 5.83. The van der Waals surface area contributed by atoms with E-state index in [-0.39, 0.29) is 0 Å². The van der Waals surface area contributed by atoms with Crippen molar-refractivity contribution in [3.8, 4) is 5.75 Å². The first-order valence-corrected chi connectivity index (χ1v) is 3.96. The Kier molecular flexibility index (Phi) is 3.35. The lowest BCUT2D eigenvalue weighted by atomic mass is 10.1. The Bertz CT molecular complexity index is 251. The lowest BCUT2D eigenvalue weighted by Gasteiger charge is -1.95. The number of phenols is 1. The highest BCUT2D eigenvalue weighted by molar-refractivity contribution is 5.27. The van der Waals surface area contributed by atoms with Crippen LogP contribution in [0.1, 0.15) is 5.56 Å². The maximum atomic E-state index is 8.99. The molecule has 1 aromatic rings. The molecular formula is C10H13NO. The van der Waals surface area contributed by atoms with Gasteiger partial charge in [-0.2, -0.15) is 0 Å². The summed E-state index contributed by atoms with van der Waals surface area (Å²) in [4.78, 5) is 0. The van der Waals surface area contributed by atoms with Gasteiger partial charge in [0.1, 0.15) is 5.75 Å². The van der Waals surface area contributed by atoms with Crippen molar-refractivity contribution in [1.29, 1.82) is 0 Å². The topological polar surface area (TPSA) is 46.2 Å². The van der Waals surface area contributed by atoms with Gasteiger partial charge < -0.3 is 10.8 Å². The Morgan fingerprint density at radius 2 is 1.83 bits per heavy atom. The van der Waals surface area contributed by atoms with E-state index in [0.717, 1.165) is 6.42 Å². The van der Waals surface area contributed by atoms with Crippen LogP contribution in [0.25, 0.3) is 0 Å². The van der Waals surface area contributed by atoms with Crippen LogP contribution in [0, 0.1) is 0 Å².